The molecule has 2 nitrogen and oxygen atoms in total. The molecular formula is C14H19NO. The van der Waals surface area contributed by atoms with Gasteiger partial charge in [-0.25, -0.2) is 0 Å². The van der Waals surface area contributed by atoms with Crippen LogP contribution in [-0.4, -0.2) is 5.91 Å². The van der Waals surface area contributed by atoms with Gasteiger partial charge in [0.05, 0.1) is 6.04 Å². The fraction of sp³-hybridized carbons (Fsp3) is 0.500. The van der Waals surface area contributed by atoms with Crippen molar-refractivity contribution >= 4 is 5.91 Å². The summed E-state index contributed by atoms with van der Waals surface area (Å²) in [5.74, 6) is 0.839. The van der Waals surface area contributed by atoms with Crippen LogP contribution >= 0.6 is 0 Å². The minimum absolute atomic E-state index is 0.184. The summed E-state index contributed by atoms with van der Waals surface area (Å²) in [6, 6.07) is 10.5. The van der Waals surface area contributed by atoms with Crippen LogP contribution in [-0.2, 0) is 4.79 Å². The van der Waals surface area contributed by atoms with Crippen molar-refractivity contribution in [1.29, 1.82) is 0 Å². The van der Waals surface area contributed by atoms with E-state index < -0.39 is 0 Å². The minimum atomic E-state index is 0.184. The van der Waals surface area contributed by atoms with Gasteiger partial charge in [-0.3, -0.25) is 4.79 Å². The number of carbonyl (C=O) groups is 1. The van der Waals surface area contributed by atoms with Crippen LogP contribution in [0.5, 0.6) is 0 Å². The van der Waals surface area contributed by atoms with Gasteiger partial charge in [0.1, 0.15) is 0 Å². The van der Waals surface area contributed by atoms with Crippen LogP contribution in [0, 0.1) is 5.92 Å². The highest BCUT2D eigenvalue weighted by Crippen LogP contribution is 2.40. The predicted molar refractivity (Wildman–Crippen MR) is 65.0 cm³/mol. The molecule has 0 bridgehead atoms. The van der Waals surface area contributed by atoms with Crippen molar-refractivity contribution in [3.8, 4) is 0 Å². The SMILES string of the molecule is CCCC(=O)NC(c1ccccc1)C1CC1. The van der Waals surface area contributed by atoms with Gasteiger partial charge in [-0.1, -0.05) is 37.3 Å². The van der Waals surface area contributed by atoms with Crippen molar-refractivity contribution < 1.29 is 4.79 Å². The summed E-state index contributed by atoms with van der Waals surface area (Å²) in [5, 5.41) is 3.16. The standard InChI is InChI=1S/C14H19NO/c1-2-6-13(16)15-14(12-9-10-12)11-7-4-3-5-8-11/h3-5,7-8,12,14H,2,6,9-10H2,1H3,(H,15,16). The zero-order chi connectivity index (χ0) is 11.4. The number of hydrogen-bond acceptors (Lipinski definition) is 1. The number of amides is 1. The van der Waals surface area contributed by atoms with E-state index in [1.54, 1.807) is 0 Å². The van der Waals surface area contributed by atoms with E-state index in [-0.39, 0.29) is 11.9 Å². The molecule has 1 saturated carbocycles. The summed E-state index contributed by atoms with van der Waals surface area (Å²) in [7, 11) is 0. The molecular weight excluding hydrogens is 198 g/mol. The highest BCUT2D eigenvalue weighted by molar-refractivity contribution is 5.76. The van der Waals surface area contributed by atoms with Gasteiger partial charge in [-0.05, 0) is 30.7 Å². The van der Waals surface area contributed by atoms with Crippen molar-refractivity contribution in [3.05, 3.63) is 35.9 Å². The molecule has 1 N–H and O–H groups in total. The van der Waals surface area contributed by atoms with Gasteiger partial charge < -0.3 is 5.32 Å². The molecule has 1 fully saturated rings. The molecule has 0 aromatic heterocycles. The lowest BCUT2D eigenvalue weighted by Crippen LogP contribution is -2.29. The van der Waals surface area contributed by atoms with Crippen LogP contribution in [0.4, 0.5) is 0 Å². The maximum atomic E-state index is 11.6. The quantitative estimate of drug-likeness (QED) is 0.807. The third-order valence-electron chi connectivity index (χ3n) is 3.05. The van der Waals surface area contributed by atoms with E-state index in [4.69, 9.17) is 0 Å². The molecule has 1 aromatic rings. The Morgan fingerprint density at radius 2 is 2.06 bits per heavy atom. The van der Waals surface area contributed by atoms with E-state index in [9.17, 15) is 4.79 Å². The van der Waals surface area contributed by atoms with Crippen molar-refractivity contribution in [1.82, 2.24) is 5.32 Å². The molecule has 0 aliphatic heterocycles. The largest absolute Gasteiger partial charge is 0.349 e. The van der Waals surface area contributed by atoms with Gasteiger partial charge >= 0.3 is 0 Å². The van der Waals surface area contributed by atoms with E-state index >= 15 is 0 Å². The molecule has 0 saturated heterocycles. The molecule has 16 heavy (non-hydrogen) atoms. The second-order valence-electron chi connectivity index (χ2n) is 4.54. The van der Waals surface area contributed by atoms with Crippen molar-refractivity contribution in [3.63, 3.8) is 0 Å². The lowest BCUT2D eigenvalue weighted by molar-refractivity contribution is -0.122. The van der Waals surface area contributed by atoms with E-state index in [1.807, 2.05) is 25.1 Å². The van der Waals surface area contributed by atoms with Crippen LogP contribution in [0.1, 0.15) is 44.2 Å². The highest BCUT2D eigenvalue weighted by Gasteiger charge is 2.32. The summed E-state index contributed by atoms with van der Waals surface area (Å²) >= 11 is 0. The lowest BCUT2D eigenvalue weighted by Gasteiger charge is -2.18. The van der Waals surface area contributed by atoms with Gasteiger partial charge in [0.2, 0.25) is 5.91 Å². The van der Waals surface area contributed by atoms with Gasteiger partial charge in [0.15, 0.2) is 0 Å². The summed E-state index contributed by atoms with van der Waals surface area (Å²) in [4.78, 5) is 11.6. The number of hydrogen-bond donors (Lipinski definition) is 1. The molecule has 1 aromatic carbocycles. The number of nitrogens with one attached hydrogen (secondary N) is 1. The van der Waals surface area contributed by atoms with Crippen LogP contribution in [0.2, 0.25) is 0 Å². The van der Waals surface area contributed by atoms with Crippen LogP contribution in [0.3, 0.4) is 0 Å². The topological polar surface area (TPSA) is 29.1 Å². The first-order chi connectivity index (χ1) is 7.81. The van der Waals surface area contributed by atoms with E-state index in [0.717, 1.165) is 6.42 Å². The highest BCUT2D eigenvalue weighted by atomic mass is 16.1. The summed E-state index contributed by atoms with van der Waals surface area (Å²) in [6.45, 7) is 2.04. The first-order valence-corrected chi connectivity index (χ1v) is 6.15. The maximum Gasteiger partial charge on any atom is 0.220 e. The first-order valence-electron chi connectivity index (χ1n) is 6.15. The van der Waals surface area contributed by atoms with Gasteiger partial charge in [-0.15, -0.1) is 0 Å². The van der Waals surface area contributed by atoms with Crippen molar-refractivity contribution in [2.75, 3.05) is 0 Å². The molecule has 2 heteroatoms. The molecule has 1 unspecified atom stereocenters. The lowest BCUT2D eigenvalue weighted by atomic mass is 10.0. The van der Waals surface area contributed by atoms with Crippen LogP contribution < -0.4 is 5.32 Å². The normalized spacial score (nSPS) is 16.8. The molecule has 0 heterocycles. The zero-order valence-corrected chi connectivity index (χ0v) is 9.78. The second-order valence-corrected chi connectivity index (χ2v) is 4.54. The molecule has 1 aliphatic rings. The molecule has 1 amide bonds. The van der Waals surface area contributed by atoms with E-state index in [1.165, 1.54) is 18.4 Å². The Morgan fingerprint density at radius 1 is 1.38 bits per heavy atom. The fourth-order valence-corrected chi connectivity index (χ4v) is 2.04. The van der Waals surface area contributed by atoms with Gasteiger partial charge in [0, 0.05) is 6.42 Å². The fourth-order valence-electron chi connectivity index (χ4n) is 2.04. The Kier molecular flexibility index (Phi) is 3.60. The molecule has 86 valence electrons. The predicted octanol–water partition coefficient (Wildman–Crippen LogP) is 3.05. The minimum Gasteiger partial charge on any atom is -0.349 e. The van der Waals surface area contributed by atoms with E-state index in [0.29, 0.717) is 12.3 Å². The number of benzene rings is 1. The number of carbonyl (C=O) groups excluding carboxylic acids is 1. The van der Waals surface area contributed by atoms with Gasteiger partial charge in [-0.2, -0.15) is 0 Å². The van der Waals surface area contributed by atoms with Crippen molar-refractivity contribution in [2.24, 2.45) is 5.92 Å². The second kappa shape index (κ2) is 5.15. The van der Waals surface area contributed by atoms with Crippen LogP contribution in [0.25, 0.3) is 0 Å². The Bertz CT molecular complexity index is 343. The third-order valence-corrected chi connectivity index (χ3v) is 3.05. The first kappa shape index (κ1) is 11.2. The molecule has 2 rings (SSSR count). The van der Waals surface area contributed by atoms with Gasteiger partial charge in [0.25, 0.3) is 0 Å². The maximum absolute atomic E-state index is 11.6. The van der Waals surface area contributed by atoms with Crippen LogP contribution in [0.15, 0.2) is 30.3 Å². The summed E-state index contributed by atoms with van der Waals surface area (Å²) in [5.41, 5.74) is 1.24. The van der Waals surface area contributed by atoms with Crippen molar-refractivity contribution in [2.45, 2.75) is 38.6 Å². The smallest absolute Gasteiger partial charge is 0.220 e. The monoisotopic (exact) mass is 217 g/mol. The third kappa shape index (κ3) is 2.84. The molecule has 1 atom stereocenters. The molecule has 1 aliphatic carbocycles. The molecule has 0 radical (unpaired) electrons. The Labute approximate surface area is 97.1 Å². The summed E-state index contributed by atoms with van der Waals surface area (Å²) in [6.07, 6.45) is 4.03. The number of rotatable bonds is 5. The van der Waals surface area contributed by atoms with E-state index in [2.05, 4.69) is 17.4 Å². The summed E-state index contributed by atoms with van der Waals surface area (Å²) < 4.78 is 0. The Balaban J connectivity index is 2.03. The zero-order valence-electron chi connectivity index (χ0n) is 9.78. The average Bonchev–Trinajstić information content (AvgIpc) is 3.11. The molecule has 0 spiro atoms. The Hall–Kier alpha value is -1.31. The average molecular weight is 217 g/mol. The Morgan fingerprint density at radius 3 is 2.62 bits per heavy atom.